The zero-order chi connectivity index (χ0) is 27.6. The monoisotopic (exact) mass is 570 g/mol. The Balaban J connectivity index is 0.000000492. The second-order valence-electron chi connectivity index (χ2n) is 9.65. The number of hydrogen-bond donors (Lipinski definition) is 0. The summed E-state index contributed by atoms with van der Waals surface area (Å²) < 4.78 is 0. The van der Waals surface area contributed by atoms with Crippen LogP contribution in [0.4, 0.5) is 11.4 Å². The van der Waals surface area contributed by atoms with Gasteiger partial charge in [-0.3, -0.25) is 9.98 Å². The van der Waals surface area contributed by atoms with Gasteiger partial charge in [-0.25, -0.2) is 0 Å². The van der Waals surface area contributed by atoms with Gasteiger partial charge in [-0.2, -0.15) is 0 Å². The van der Waals surface area contributed by atoms with Crippen LogP contribution in [0.25, 0.3) is 0 Å². The van der Waals surface area contributed by atoms with Gasteiger partial charge in [-0.05, 0) is 63.3 Å². The van der Waals surface area contributed by atoms with Gasteiger partial charge in [-0.1, -0.05) is 113 Å². The van der Waals surface area contributed by atoms with Gasteiger partial charge in [0.05, 0.1) is 22.8 Å². The number of unbranched alkanes of at least 4 members (excludes halogenated alkanes) is 4. The van der Waals surface area contributed by atoms with Crippen LogP contribution in [0.1, 0.15) is 89.7 Å². The van der Waals surface area contributed by atoms with E-state index in [1.807, 2.05) is 43.3 Å². The maximum absolute atomic E-state index is 11.3. The van der Waals surface area contributed by atoms with Gasteiger partial charge < -0.3 is 10.2 Å². The first kappa shape index (κ1) is 34.1. The van der Waals surface area contributed by atoms with Crippen molar-refractivity contribution in [3.05, 3.63) is 83.9 Å². The van der Waals surface area contributed by atoms with Crippen molar-refractivity contribution in [1.29, 1.82) is 0 Å². The number of aliphatic imine (C=N–C) groups is 2. The Morgan fingerprint density at radius 1 is 0.590 bits per heavy atom. The standard InChI is InChI=1S/C24H32N2.C10H14O2.Ni/c1-3-5-7-14-20-24(26-22-17-12-9-13-18-22)23(19-6-4-2)25-21-15-10-8-11-16-21;1-3-4-8-6-5-7(2)9(11)10(8)12;/h8-13,15-18H,3-7,14,19-20H2,1-2H3;5-6,11-12H,3-4H2,1-2H3;/q;;+2/p-2. The zero-order valence-corrected chi connectivity index (χ0v) is 25.0. The zero-order valence-electron chi connectivity index (χ0n) is 24.0. The fourth-order valence-corrected chi connectivity index (χ4v) is 4.08. The molecular weight excluding hydrogens is 527 g/mol. The van der Waals surface area contributed by atoms with Crippen LogP contribution in [0.3, 0.4) is 0 Å². The fourth-order valence-electron chi connectivity index (χ4n) is 4.08. The Hall–Kier alpha value is -2.91. The molecule has 0 spiro atoms. The summed E-state index contributed by atoms with van der Waals surface area (Å²) in [7, 11) is 0. The van der Waals surface area contributed by atoms with Crippen LogP contribution in [-0.2, 0) is 22.9 Å². The van der Waals surface area contributed by atoms with E-state index in [0.29, 0.717) is 17.5 Å². The van der Waals surface area contributed by atoms with Gasteiger partial charge >= 0.3 is 16.5 Å². The molecule has 0 bridgehead atoms. The summed E-state index contributed by atoms with van der Waals surface area (Å²) in [5, 5.41) is 22.4. The summed E-state index contributed by atoms with van der Waals surface area (Å²) in [6.45, 7) is 8.14. The minimum Gasteiger partial charge on any atom is -0.873 e. The molecule has 0 fully saturated rings. The van der Waals surface area contributed by atoms with Crippen LogP contribution in [-0.4, -0.2) is 11.4 Å². The molecule has 0 heterocycles. The molecule has 0 radical (unpaired) electrons. The third-order valence-electron chi connectivity index (χ3n) is 6.32. The number of benzene rings is 3. The minimum atomic E-state index is -0.346. The number of rotatable bonds is 13. The largest absolute Gasteiger partial charge is 2.00 e. The number of nitrogens with zero attached hydrogens (tertiary/aromatic N) is 2. The Bertz CT molecular complexity index is 1130. The Kier molecular flexibility index (Phi) is 17.6. The normalized spacial score (nSPS) is 11.4. The van der Waals surface area contributed by atoms with Crippen molar-refractivity contribution in [2.24, 2.45) is 9.98 Å². The molecular formula is C34H44N2NiO2. The predicted octanol–water partition coefficient (Wildman–Crippen LogP) is 8.78. The molecule has 0 N–H and O–H groups in total. The van der Waals surface area contributed by atoms with Gasteiger partial charge in [0.15, 0.2) is 0 Å². The smallest absolute Gasteiger partial charge is 0.873 e. The number of hydrogen-bond acceptors (Lipinski definition) is 4. The van der Waals surface area contributed by atoms with E-state index >= 15 is 0 Å². The van der Waals surface area contributed by atoms with E-state index in [0.717, 1.165) is 48.5 Å². The van der Waals surface area contributed by atoms with Gasteiger partial charge in [0.1, 0.15) is 0 Å². The average Bonchev–Trinajstić information content (AvgIpc) is 2.94. The molecule has 212 valence electrons. The fraction of sp³-hybridized carbons (Fsp3) is 0.412. The van der Waals surface area contributed by atoms with E-state index in [-0.39, 0.29) is 28.0 Å². The average molecular weight is 571 g/mol. The first-order valence-electron chi connectivity index (χ1n) is 14.2. The van der Waals surface area contributed by atoms with E-state index in [9.17, 15) is 10.2 Å². The van der Waals surface area contributed by atoms with Crippen molar-refractivity contribution < 1.29 is 26.7 Å². The molecule has 0 aliphatic carbocycles. The molecule has 0 aliphatic rings. The van der Waals surface area contributed by atoms with E-state index in [2.05, 4.69) is 38.1 Å². The van der Waals surface area contributed by atoms with Gasteiger partial charge in [0.25, 0.3) is 0 Å². The van der Waals surface area contributed by atoms with Gasteiger partial charge in [0.2, 0.25) is 0 Å². The van der Waals surface area contributed by atoms with Crippen molar-refractivity contribution in [2.45, 2.75) is 91.9 Å². The molecule has 39 heavy (non-hydrogen) atoms. The third kappa shape index (κ3) is 12.7. The number of para-hydroxylation sites is 2. The second-order valence-corrected chi connectivity index (χ2v) is 9.65. The van der Waals surface area contributed by atoms with Crippen molar-refractivity contribution in [2.75, 3.05) is 0 Å². The first-order valence-corrected chi connectivity index (χ1v) is 14.2. The molecule has 4 nitrogen and oxygen atoms in total. The molecule has 0 aliphatic heterocycles. The van der Waals surface area contributed by atoms with Crippen molar-refractivity contribution in [3.63, 3.8) is 0 Å². The van der Waals surface area contributed by atoms with Crippen LogP contribution in [0.2, 0.25) is 0 Å². The van der Waals surface area contributed by atoms with Crippen LogP contribution in [0, 0.1) is 6.92 Å². The topological polar surface area (TPSA) is 70.8 Å². The third-order valence-corrected chi connectivity index (χ3v) is 6.32. The molecule has 3 aromatic carbocycles. The summed E-state index contributed by atoms with van der Waals surface area (Å²) in [5.41, 5.74) is 5.54. The molecule has 0 saturated carbocycles. The minimum absolute atomic E-state index is 0. The first-order chi connectivity index (χ1) is 18.5. The van der Waals surface area contributed by atoms with Crippen LogP contribution in [0.15, 0.2) is 82.8 Å². The van der Waals surface area contributed by atoms with Crippen LogP contribution in [0.5, 0.6) is 11.5 Å². The molecule has 0 amide bonds. The molecule has 3 rings (SSSR count). The summed E-state index contributed by atoms with van der Waals surface area (Å²) in [4.78, 5) is 9.97. The maximum atomic E-state index is 11.3. The summed E-state index contributed by atoms with van der Waals surface area (Å²) in [6, 6.07) is 24.0. The van der Waals surface area contributed by atoms with Crippen molar-refractivity contribution >= 4 is 22.8 Å². The molecule has 0 aromatic heterocycles. The van der Waals surface area contributed by atoms with E-state index in [1.165, 1.54) is 32.1 Å². The second kappa shape index (κ2) is 20.1. The molecule has 3 aromatic rings. The molecule has 0 unspecified atom stereocenters. The summed E-state index contributed by atoms with van der Waals surface area (Å²) in [6.07, 6.45) is 10.9. The summed E-state index contributed by atoms with van der Waals surface area (Å²) >= 11 is 0. The molecule has 5 heteroatoms. The van der Waals surface area contributed by atoms with Gasteiger partial charge in [0, 0.05) is 0 Å². The van der Waals surface area contributed by atoms with E-state index in [1.54, 1.807) is 19.1 Å². The SMILES string of the molecule is CCCCCCC(=Nc1ccccc1)C(CCCC)=Nc1ccccc1.CCCc1ccc(C)c([O-])c1[O-].[Ni+2]. The van der Waals surface area contributed by atoms with Crippen molar-refractivity contribution in [1.82, 2.24) is 0 Å². The van der Waals surface area contributed by atoms with E-state index in [4.69, 9.17) is 9.98 Å². The number of aryl methyl sites for hydroxylation is 2. The van der Waals surface area contributed by atoms with Gasteiger partial charge in [-0.15, -0.1) is 11.5 Å². The Labute approximate surface area is 246 Å². The predicted molar refractivity (Wildman–Crippen MR) is 159 cm³/mol. The Morgan fingerprint density at radius 3 is 1.59 bits per heavy atom. The van der Waals surface area contributed by atoms with E-state index < -0.39 is 0 Å². The van der Waals surface area contributed by atoms with Crippen molar-refractivity contribution in [3.8, 4) is 11.5 Å². The maximum Gasteiger partial charge on any atom is 2.00 e. The molecule has 0 atom stereocenters. The van der Waals surface area contributed by atoms with Crippen LogP contribution < -0.4 is 10.2 Å². The summed E-state index contributed by atoms with van der Waals surface area (Å²) in [5.74, 6) is -0.669. The molecule has 0 saturated heterocycles. The Morgan fingerprint density at radius 2 is 1.10 bits per heavy atom. The van der Waals surface area contributed by atoms with Crippen LogP contribution >= 0.6 is 0 Å². The quantitative estimate of drug-likeness (QED) is 0.117.